The first-order valence-corrected chi connectivity index (χ1v) is 6.75. The van der Waals surface area contributed by atoms with E-state index in [0.717, 1.165) is 0 Å². The van der Waals surface area contributed by atoms with E-state index in [1.165, 1.54) is 11.8 Å². The van der Waals surface area contributed by atoms with Crippen molar-refractivity contribution in [3.05, 3.63) is 11.2 Å². The molecule has 0 unspecified atom stereocenters. The van der Waals surface area contributed by atoms with Gasteiger partial charge in [0.1, 0.15) is 11.0 Å². The molecule has 96 valence electrons. The molecule has 0 saturated carbocycles. The van der Waals surface area contributed by atoms with Crippen LogP contribution >= 0.6 is 23.4 Å². The molecule has 1 rings (SSSR count). The number of aliphatic hydroxyl groups excluding tert-OH is 1. The van der Waals surface area contributed by atoms with Gasteiger partial charge in [0.05, 0.1) is 13.2 Å². The van der Waals surface area contributed by atoms with Gasteiger partial charge in [0.15, 0.2) is 5.16 Å². The molecule has 1 aromatic heterocycles. The van der Waals surface area contributed by atoms with Gasteiger partial charge < -0.3 is 14.7 Å². The molecule has 0 aromatic carbocycles. The van der Waals surface area contributed by atoms with Gasteiger partial charge in [-0.1, -0.05) is 23.4 Å². The van der Waals surface area contributed by atoms with Crippen molar-refractivity contribution >= 4 is 29.2 Å². The predicted octanol–water partition coefficient (Wildman–Crippen LogP) is 1.30. The molecule has 0 radical (unpaired) electrons. The zero-order chi connectivity index (χ0) is 12.7. The van der Waals surface area contributed by atoms with Crippen LogP contribution in [0.25, 0.3) is 0 Å². The Balaban J connectivity index is 2.87. The third-order valence-corrected chi connectivity index (χ3v) is 2.84. The molecule has 0 saturated heterocycles. The van der Waals surface area contributed by atoms with E-state index in [0.29, 0.717) is 35.8 Å². The average Bonchev–Trinajstić information content (AvgIpc) is 2.33. The van der Waals surface area contributed by atoms with Gasteiger partial charge in [-0.15, -0.1) is 0 Å². The smallest absolute Gasteiger partial charge is 0.190 e. The summed E-state index contributed by atoms with van der Waals surface area (Å²) < 4.78 is 5.02. The zero-order valence-corrected chi connectivity index (χ0v) is 11.5. The molecule has 0 aliphatic heterocycles. The van der Waals surface area contributed by atoms with Crippen LogP contribution < -0.4 is 4.90 Å². The maximum absolute atomic E-state index is 9.03. The first-order valence-electron chi connectivity index (χ1n) is 5.14. The van der Waals surface area contributed by atoms with Crippen molar-refractivity contribution in [3.63, 3.8) is 0 Å². The summed E-state index contributed by atoms with van der Waals surface area (Å²) in [6.07, 6.45) is 1.89. The highest BCUT2D eigenvalue weighted by atomic mass is 35.5. The van der Waals surface area contributed by atoms with Gasteiger partial charge in [-0.25, -0.2) is 9.97 Å². The van der Waals surface area contributed by atoms with E-state index in [1.807, 2.05) is 11.2 Å². The van der Waals surface area contributed by atoms with Gasteiger partial charge in [0, 0.05) is 26.3 Å². The predicted molar refractivity (Wildman–Crippen MR) is 70.0 cm³/mol. The largest absolute Gasteiger partial charge is 0.395 e. The van der Waals surface area contributed by atoms with E-state index in [4.69, 9.17) is 21.4 Å². The summed E-state index contributed by atoms with van der Waals surface area (Å²) in [4.78, 5) is 10.3. The second kappa shape index (κ2) is 7.71. The van der Waals surface area contributed by atoms with Crippen LogP contribution in [0.15, 0.2) is 11.2 Å². The molecule has 17 heavy (non-hydrogen) atoms. The molecule has 0 atom stereocenters. The van der Waals surface area contributed by atoms with Crippen LogP contribution in [-0.4, -0.2) is 54.7 Å². The summed E-state index contributed by atoms with van der Waals surface area (Å²) in [7, 11) is 1.64. The van der Waals surface area contributed by atoms with Crippen molar-refractivity contribution in [2.45, 2.75) is 5.16 Å². The lowest BCUT2D eigenvalue weighted by molar-refractivity contribution is 0.202. The van der Waals surface area contributed by atoms with Crippen molar-refractivity contribution < 1.29 is 9.84 Å². The maximum Gasteiger partial charge on any atom is 0.190 e. The van der Waals surface area contributed by atoms with E-state index in [-0.39, 0.29) is 6.61 Å². The molecular weight excluding hydrogens is 262 g/mol. The Morgan fingerprint density at radius 2 is 2.24 bits per heavy atom. The number of ether oxygens (including phenoxy) is 1. The second-order valence-corrected chi connectivity index (χ2v) is 4.40. The number of hydrogen-bond donors (Lipinski definition) is 1. The van der Waals surface area contributed by atoms with Crippen LogP contribution in [0.1, 0.15) is 0 Å². The summed E-state index contributed by atoms with van der Waals surface area (Å²) in [5, 5.41) is 10.0. The molecule has 1 heterocycles. The van der Waals surface area contributed by atoms with Crippen LogP contribution in [0.4, 0.5) is 5.82 Å². The van der Waals surface area contributed by atoms with Crippen molar-refractivity contribution in [1.29, 1.82) is 0 Å². The Kier molecular flexibility index (Phi) is 6.57. The molecule has 7 heteroatoms. The lowest BCUT2D eigenvalue weighted by Crippen LogP contribution is -2.31. The van der Waals surface area contributed by atoms with Crippen LogP contribution in [-0.2, 0) is 4.74 Å². The molecule has 0 fully saturated rings. The molecule has 0 spiro atoms. The molecular formula is C10H16ClN3O2S. The lowest BCUT2D eigenvalue weighted by Gasteiger charge is -2.22. The molecule has 0 aliphatic carbocycles. The Bertz CT molecular complexity index is 354. The summed E-state index contributed by atoms with van der Waals surface area (Å²) in [6, 6.07) is 1.69. The normalized spacial score (nSPS) is 10.6. The van der Waals surface area contributed by atoms with E-state index in [9.17, 15) is 0 Å². The second-order valence-electron chi connectivity index (χ2n) is 3.24. The van der Waals surface area contributed by atoms with Crippen molar-refractivity contribution in [2.75, 3.05) is 44.6 Å². The molecule has 1 aromatic rings. The van der Waals surface area contributed by atoms with E-state index in [1.54, 1.807) is 13.2 Å². The monoisotopic (exact) mass is 277 g/mol. The number of halogens is 1. The first kappa shape index (κ1) is 14.5. The van der Waals surface area contributed by atoms with Crippen LogP contribution in [0, 0.1) is 0 Å². The van der Waals surface area contributed by atoms with Crippen LogP contribution in [0.2, 0.25) is 5.15 Å². The number of thioether (sulfide) groups is 1. The van der Waals surface area contributed by atoms with Gasteiger partial charge in [-0.3, -0.25) is 0 Å². The summed E-state index contributed by atoms with van der Waals surface area (Å²) in [5.74, 6) is 0.709. The summed E-state index contributed by atoms with van der Waals surface area (Å²) >= 11 is 7.35. The third-order valence-electron chi connectivity index (χ3n) is 2.10. The highest BCUT2D eigenvalue weighted by Gasteiger charge is 2.10. The number of anilines is 1. The fraction of sp³-hybridized carbons (Fsp3) is 0.600. The number of rotatable bonds is 7. The van der Waals surface area contributed by atoms with Crippen molar-refractivity contribution in [2.24, 2.45) is 0 Å². The minimum atomic E-state index is 0.0555. The lowest BCUT2D eigenvalue weighted by atomic mass is 10.4. The average molecular weight is 278 g/mol. The Hall–Kier alpha value is -0.560. The SMILES string of the molecule is COCCN(CCO)c1cc(Cl)nc(SC)n1. The Morgan fingerprint density at radius 3 is 2.82 bits per heavy atom. The topological polar surface area (TPSA) is 58.5 Å². The van der Waals surface area contributed by atoms with Gasteiger partial charge in [0.2, 0.25) is 0 Å². The summed E-state index contributed by atoms with van der Waals surface area (Å²) in [6.45, 7) is 1.76. The van der Waals surface area contributed by atoms with Gasteiger partial charge in [-0.05, 0) is 6.26 Å². The summed E-state index contributed by atoms with van der Waals surface area (Å²) in [5.41, 5.74) is 0. The molecule has 5 nitrogen and oxygen atoms in total. The van der Waals surface area contributed by atoms with Crippen LogP contribution in [0.5, 0.6) is 0 Å². The first-order chi connectivity index (χ1) is 8.21. The molecule has 0 amide bonds. The highest BCUT2D eigenvalue weighted by Crippen LogP contribution is 2.20. The minimum absolute atomic E-state index is 0.0555. The quantitative estimate of drug-likeness (QED) is 0.461. The Labute approximate surface area is 110 Å². The van der Waals surface area contributed by atoms with Crippen molar-refractivity contribution in [1.82, 2.24) is 9.97 Å². The molecule has 0 bridgehead atoms. The van der Waals surface area contributed by atoms with E-state index < -0.39 is 0 Å². The maximum atomic E-state index is 9.03. The van der Waals surface area contributed by atoms with E-state index >= 15 is 0 Å². The standard InChI is InChI=1S/C10H16ClN3O2S/c1-16-6-4-14(3-5-15)9-7-8(11)12-10(13-9)17-2/h7,15H,3-6H2,1-2H3. The fourth-order valence-electron chi connectivity index (χ4n) is 1.30. The van der Waals surface area contributed by atoms with E-state index in [2.05, 4.69) is 9.97 Å². The zero-order valence-electron chi connectivity index (χ0n) is 9.89. The van der Waals surface area contributed by atoms with Crippen molar-refractivity contribution in [3.8, 4) is 0 Å². The van der Waals surface area contributed by atoms with Gasteiger partial charge >= 0.3 is 0 Å². The highest BCUT2D eigenvalue weighted by molar-refractivity contribution is 7.98. The number of aromatic nitrogens is 2. The molecule has 0 aliphatic rings. The minimum Gasteiger partial charge on any atom is -0.395 e. The number of nitrogens with zero attached hydrogens (tertiary/aromatic N) is 3. The number of aliphatic hydroxyl groups is 1. The third kappa shape index (κ3) is 4.67. The fourth-order valence-corrected chi connectivity index (χ4v) is 1.90. The molecule has 1 N–H and O–H groups in total. The van der Waals surface area contributed by atoms with Gasteiger partial charge in [-0.2, -0.15) is 0 Å². The number of methoxy groups -OCH3 is 1. The van der Waals surface area contributed by atoms with Gasteiger partial charge in [0.25, 0.3) is 0 Å². The number of hydrogen-bond acceptors (Lipinski definition) is 6. The van der Waals surface area contributed by atoms with Crippen LogP contribution in [0.3, 0.4) is 0 Å². The Morgan fingerprint density at radius 1 is 1.47 bits per heavy atom.